The highest BCUT2D eigenvalue weighted by Gasteiger charge is 2.37. The zero-order valence-electron chi connectivity index (χ0n) is 14.7. The maximum atomic E-state index is 12.6. The first-order valence-corrected chi connectivity index (χ1v) is 8.90. The van der Waals surface area contributed by atoms with Crippen LogP contribution in [0.25, 0.3) is 11.1 Å². The number of ether oxygens (including phenoxy) is 2. The van der Waals surface area contributed by atoms with E-state index in [1.807, 2.05) is 24.3 Å². The van der Waals surface area contributed by atoms with E-state index in [4.69, 9.17) is 9.47 Å². The van der Waals surface area contributed by atoms with E-state index in [0.717, 1.165) is 6.42 Å². The van der Waals surface area contributed by atoms with E-state index in [1.54, 1.807) is 0 Å². The normalized spacial score (nSPS) is 18.3. The molecule has 0 saturated carbocycles. The first kappa shape index (κ1) is 16.6. The number of hydrogen-bond donors (Lipinski definition) is 0. The van der Waals surface area contributed by atoms with Crippen molar-refractivity contribution in [1.82, 2.24) is 4.90 Å². The van der Waals surface area contributed by atoms with E-state index in [9.17, 15) is 9.59 Å². The number of methoxy groups -OCH3 is 1. The Morgan fingerprint density at radius 3 is 2.27 bits per heavy atom. The zero-order valence-corrected chi connectivity index (χ0v) is 14.7. The van der Waals surface area contributed by atoms with Gasteiger partial charge in [-0.2, -0.15) is 0 Å². The summed E-state index contributed by atoms with van der Waals surface area (Å²) in [6.45, 7) is 0.785. The summed E-state index contributed by atoms with van der Waals surface area (Å²) in [6.07, 6.45) is 0.959. The molecule has 1 atom stereocenters. The number of rotatable bonds is 3. The van der Waals surface area contributed by atoms with Crippen molar-refractivity contribution in [3.05, 3.63) is 59.7 Å². The van der Waals surface area contributed by atoms with Gasteiger partial charge in [0.1, 0.15) is 12.6 Å². The van der Waals surface area contributed by atoms with Gasteiger partial charge in [-0.25, -0.2) is 9.59 Å². The van der Waals surface area contributed by atoms with Crippen molar-refractivity contribution in [3.8, 4) is 11.1 Å². The van der Waals surface area contributed by atoms with E-state index in [1.165, 1.54) is 34.3 Å². The summed E-state index contributed by atoms with van der Waals surface area (Å²) in [6, 6.07) is 15.9. The molecule has 134 valence electrons. The minimum Gasteiger partial charge on any atom is -0.467 e. The molecule has 1 saturated heterocycles. The van der Waals surface area contributed by atoms with Crippen molar-refractivity contribution in [3.63, 3.8) is 0 Å². The van der Waals surface area contributed by atoms with Crippen LogP contribution >= 0.6 is 0 Å². The van der Waals surface area contributed by atoms with Gasteiger partial charge in [-0.3, -0.25) is 4.90 Å². The van der Waals surface area contributed by atoms with Crippen LogP contribution in [0.4, 0.5) is 4.79 Å². The van der Waals surface area contributed by atoms with E-state index in [2.05, 4.69) is 24.3 Å². The highest BCUT2D eigenvalue weighted by Crippen LogP contribution is 2.44. The number of likely N-dealkylation sites (tertiary alicyclic amines) is 1. The predicted octanol–water partition coefficient (Wildman–Crippen LogP) is 3.57. The van der Waals surface area contributed by atoms with Crippen LogP contribution in [0.1, 0.15) is 29.9 Å². The summed E-state index contributed by atoms with van der Waals surface area (Å²) in [7, 11) is 1.34. The van der Waals surface area contributed by atoms with Crippen LogP contribution < -0.4 is 0 Å². The SMILES string of the molecule is COC(=O)C1CCCN1C(=O)OCC1c2ccccc2-c2ccccc21. The van der Waals surface area contributed by atoms with Gasteiger partial charge in [0.2, 0.25) is 0 Å². The Kier molecular flexibility index (Phi) is 4.37. The molecule has 0 bridgehead atoms. The van der Waals surface area contributed by atoms with Crippen LogP contribution in [0, 0.1) is 0 Å². The molecule has 0 spiro atoms. The van der Waals surface area contributed by atoms with Gasteiger partial charge in [0.15, 0.2) is 0 Å². The molecule has 5 nitrogen and oxygen atoms in total. The second-order valence-corrected chi connectivity index (χ2v) is 6.68. The maximum absolute atomic E-state index is 12.6. The molecule has 1 fully saturated rings. The molecule has 0 N–H and O–H groups in total. The van der Waals surface area contributed by atoms with Crippen LogP contribution in [-0.2, 0) is 14.3 Å². The lowest BCUT2D eigenvalue weighted by atomic mass is 9.98. The molecule has 5 heteroatoms. The van der Waals surface area contributed by atoms with Gasteiger partial charge in [0.05, 0.1) is 7.11 Å². The van der Waals surface area contributed by atoms with Crippen LogP contribution in [0.3, 0.4) is 0 Å². The molecule has 1 heterocycles. The number of carbonyl (C=O) groups excluding carboxylic acids is 2. The van der Waals surface area contributed by atoms with E-state index in [-0.39, 0.29) is 18.5 Å². The van der Waals surface area contributed by atoms with Gasteiger partial charge in [0, 0.05) is 12.5 Å². The van der Waals surface area contributed by atoms with Crippen LogP contribution in [0.15, 0.2) is 48.5 Å². The Balaban J connectivity index is 1.51. The Morgan fingerprint density at radius 1 is 1.04 bits per heavy atom. The molecule has 0 radical (unpaired) electrons. The van der Waals surface area contributed by atoms with Gasteiger partial charge in [-0.15, -0.1) is 0 Å². The number of carbonyl (C=O) groups is 2. The monoisotopic (exact) mass is 351 g/mol. The number of nitrogens with zero attached hydrogens (tertiary/aromatic N) is 1. The van der Waals surface area contributed by atoms with E-state index in [0.29, 0.717) is 13.0 Å². The van der Waals surface area contributed by atoms with Crippen LogP contribution in [0.5, 0.6) is 0 Å². The molecular weight excluding hydrogens is 330 g/mol. The summed E-state index contributed by atoms with van der Waals surface area (Å²) in [5, 5.41) is 0. The molecule has 0 aromatic heterocycles. The van der Waals surface area contributed by atoms with Gasteiger partial charge < -0.3 is 9.47 Å². The largest absolute Gasteiger partial charge is 0.467 e. The second-order valence-electron chi connectivity index (χ2n) is 6.68. The van der Waals surface area contributed by atoms with Crippen molar-refractivity contribution in [1.29, 1.82) is 0 Å². The molecule has 2 aromatic rings. The highest BCUT2D eigenvalue weighted by molar-refractivity contribution is 5.82. The van der Waals surface area contributed by atoms with Gasteiger partial charge in [-0.1, -0.05) is 48.5 Å². The summed E-state index contributed by atoms with van der Waals surface area (Å²) in [4.78, 5) is 25.9. The number of fused-ring (bicyclic) bond motifs is 3. The van der Waals surface area contributed by atoms with Crippen LogP contribution in [-0.4, -0.2) is 43.3 Å². The quantitative estimate of drug-likeness (QED) is 0.793. The van der Waals surface area contributed by atoms with E-state index >= 15 is 0 Å². The molecular formula is C21H21NO4. The Morgan fingerprint density at radius 2 is 1.65 bits per heavy atom. The fourth-order valence-electron chi connectivity index (χ4n) is 4.04. The van der Waals surface area contributed by atoms with Crippen LogP contribution in [0.2, 0.25) is 0 Å². The molecule has 1 amide bonds. The second kappa shape index (κ2) is 6.83. The first-order valence-electron chi connectivity index (χ1n) is 8.90. The Hall–Kier alpha value is -2.82. The number of benzene rings is 2. The number of esters is 1. The van der Waals surface area contributed by atoms with Crippen molar-refractivity contribution in [2.45, 2.75) is 24.8 Å². The standard InChI is InChI=1S/C21H21NO4/c1-25-20(23)19-11-6-12-22(19)21(24)26-13-18-16-9-4-2-7-14(16)15-8-3-5-10-17(15)18/h2-5,7-10,18-19H,6,11-13H2,1H3. The van der Waals surface area contributed by atoms with Gasteiger partial charge in [-0.05, 0) is 35.1 Å². The smallest absolute Gasteiger partial charge is 0.410 e. The fraction of sp³-hybridized carbons (Fsp3) is 0.333. The number of amides is 1. The molecule has 1 unspecified atom stereocenters. The minimum absolute atomic E-state index is 0.0190. The van der Waals surface area contributed by atoms with Crippen molar-refractivity contribution in [2.75, 3.05) is 20.3 Å². The summed E-state index contributed by atoms with van der Waals surface area (Å²) >= 11 is 0. The lowest BCUT2D eigenvalue weighted by Gasteiger charge is -2.23. The van der Waals surface area contributed by atoms with Crippen molar-refractivity contribution < 1.29 is 19.1 Å². The third-order valence-electron chi connectivity index (χ3n) is 5.30. The molecule has 2 aliphatic rings. The summed E-state index contributed by atoms with van der Waals surface area (Å²) in [5.74, 6) is -0.360. The topological polar surface area (TPSA) is 55.8 Å². The molecule has 1 aliphatic heterocycles. The summed E-state index contributed by atoms with van der Waals surface area (Å²) in [5.41, 5.74) is 4.73. The predicted molar refractivity (Wildman–Crippen MR) is 96.8 cm³/mol. The number of hydrogen-bond acceptors (Lipinski definition) is 4. The summed E-state index contributed by atoms with van der Waals surface area (Å²) < 4.78 is 10.4. The highest BCUT2D eigenvalue weighted by atomic mass is 16.6. The molecule has 4 rings (SSSR count). The van der Waals surface area contributed by atoms with Crippen molar-refractivity contribution >= 4 is 12.1 Å². The molecule has 26 heavy (non-hydrogen) atoms. The fourth-order valence-corrected chi connectivity index (χ4v) is 4.04. The van der Waals surface area contributed by atoms with Gasteiger partial charge in [0.25, 0.3) is 0 Å². The minimum atomic E-state index is -0.532. The first-order chi connectivity index (χ1) is 12.7. The lowest BCUT2D eigenvalue weighted by Crippen LogP contribution is -2.41. The molecule has 1 aliphatic carbocycles. The van der Waals surface area contributed by atoms with E-state index < -0.39 is 12.1 Å². The van der Waals surface area contributed by atoms with Crippen molar-refractivity contribution in [2.24, 2.45) is 0 Å². The zero-order chi connectivity index (χ0) is 18.1. The maximum Gasteiger partial charge on any atom is 0.410 e. The van der Waals surface area contributed by atoms with Gasteiger partial charge >= 0.3 is 12.1 Å². The Bertz CT molecular complexity index is 802. The average Bonchev–Trinajstić information content (AvgIpc) is 3.29. The molecule has 2 aromatic carbocycles. The Labute approximate surface area is 152 Å². The average molecular weight is 351 g/mol. The third-order valence-corrected chi connectivity index (χ3v) is 5.30. The lowest BCUT2D eigenvalue weighted by molar-refractivity contribution is -0.145. The third kappa shape index (κ3) is 2.73.